The van der Waals surface area contributed by atoms with Crippen molar-refractivity contribution in [3.8, 4) is 0 Å². The molecule has 3 aliphatic heterocycles. The van der Waals surface area contributed by atoms with Gasteiger partial charge in [0.2, 0.25) is 11.9 Å². The predicted molar refractivity (Wildman–Crippen MR) is 107 cm³/mol. The van der Waals surface area contributed by atoms with Crippen molar-refractivity contribution in [1.29, 1.82) is 0 Å². The van der Waals surface area contributed by atoms with Crippen LogP contribution in [0.2, 0.25) is 0 Å². The van der Waals surface area contributed by atoms with Gasteiger partial charge in [-0.2, -0.15) is 0 Å². The summed E-state index contributed by atoms with van der Waals surface area (Å²) in [7, 11) is 1.20. The summed E-state index contributed by atoms with van der Waals surface area (Å²) in [6, 6.07) is 1.82. The Morgan fingerprint density at radius 1 is 1.18 bits per heavy atom. The molecule has 3 fully saturated rings. The molecule has 0 N–H and O–H groups in total. The van der Waals surface area contributed by atoms with Gasteiger partial charge in [0.1, 0.15) is 9.84 Å². The lowest BCUT2D eigenvalue weighted by molar-refractivity contribution is -0.135. The highest BCUT2D eigenvalue weighted by atomic mass is 32.2. The third-order valence-corrected chi connectivity index (χ3v) is 8.16. The Morgan fingerprint density at radius 2 is 1.86 bits per heavy atom. The van der Waals surface area contributed by atoms with E-state index in [0.717, 1.165) is 38.7 Å². The fraction of sp³-hybridized carbons (Fsp3) is 0.737. The quantitative estimate of drug-likeness (QED) is 0.701. The number of anilines is 1. The van der Waals surface area contributed by atoms with Crippen LogP contribution in [0.15, 0.2) is 18.5 Å². The summed E-state index contributed by atoms with van der Waals surface area (Å²) < 4.78 is 23.4. The number of sulfone groups is 1. The van der Waals surface area contributed by atoms with E-state index in [1.165, 1.54) is 0 Å². The van der Waals surface area contributed by atoms with Crippen LogP contribution in [0.1, 0.15) is 12.8 Å². The van der Waals surface area contributed by atoms with Gasteiger partial charge in [0.25, 0.3) is 0 Å². The van der Waals surface area contributed by atoms with Gasteiger partial charge in [-0.3, -0.25) is 4.79 Å². The first-order chi connectivity index (χ1) is 13.3. The highest BCUT2D eigenvalue weighted by Gasteiger charge is 2.54. The van der Waals surface area contributed by atoms with E-state index in [1.807, 2.05) is 11.0 Å². The summed E-state index contributed by atoms with van der Waals surface area (Å²) >= 11 is 0. The van der Waals surface area contributed by atoms with Gasteiger partial charge in [0, 0.05) is 62.4 Å². The molecule has 4 rings (SSSR count). The van der Waals surface area contributed by atoms with E-state index in [1.54, 1.807) is 12.4 Å². The molecule has 3 aliphatic rings. The number of likely N-dealkylation sites (tertiary alicyclic amines) is 1. The third kappa shape index (κ3) is 3.74. The van der Waals surface area contributed by atoms with Crippen molar-refractivity contribution >= 4 is 21.7 Å². The Hall–Kier alpha value is -1.74. The molecule has 9 heteroatoms. The van der Waals surface area contributed by atoms with Crippen LogP contribution in [0.4, 0.5) is 5.95 Å². The maximum Gasteiger partial charge on any atom is 0.225 e. The second-order valence-corrected chi connectivity index (χ2v) is 11.2. The van der Waals surface area contributed by atoms with Gasteiger partial charge in [-0.25, -0.2) is 18.4 Å². The normalized spacial score (nSPS) is 30.0. The molecule has 3 saturated heterocycles. The van der Waals surface area contributed by atoms with Crippen molar-refractivity contribution in [2.24, 2.45) is 17.3 Å². The van der Waals surface area contributed by atoms with Crippen LogP contribution in [0, 0.1) is 17.3 Å². The van der Waals surface area contributed by atoms with E-state index in [9.17, 15) is 13.2 Å². The Balaban J connectivity index is 1.48. The Kier molecular flexibility index (Phi) is 5.07. The smallest absolute Gasteiger partial charge is 0.225 e. The highest BCUT2D eigenvalue weighted by molar-refractivity contribution is 7.91. The lowest BCUT2D eigenvalue weighted by Gasteiger charge is -2.33. The van der Waals surface area contributed by atoms with Crippen LogP contribution >= 0.6 is 0 Å². The largest absolute Gasteiger partial charge is 0.341 e. The van der Waals surface area contributed by atoms with E-state index >= 15 is 0 Å². The number of fused-ring (bicyclic) bond motifs is 1. The second-order valence-electron chi connectivity index (χ2n) is 8.87. The van der Waals surface area contributed by atoms with E-state index in [4.69, 9.17) is 0 Å². The predicted octanol–water partition coefficient (Wildman–Crippen LogP) is 0.128. The summed E-state index contributed by atoms with van der Waals surface area (Å²) in [5, 5.41) is 0. The van der Waals surface area contributed by atoms with E-state index in [2.05, 4.69) is 33.9 Å². The molecule has 0 saturated carbocycles. The standard InChI is InChI=1S/C19H29N5O3S/c1-22(2)12-19-13-23(17(25)15-4-8-28(26,27)9-5-15)10-16(19)11-24(14-19)18-20-6-3-7-21-18/h3,6-7,15-16H,4-5,8-14H2,1-2H3/t16-,19+/m1/s1. The molecule has 8 nitrogen and oxygen atoms in total. The molecule has 0 bridgehead atoms. The van der Waals surface area contributed by atoms with Crippen molar-refractivity contribution in [3.63, 3.8) is 0 Å². The molecular weight excluding hydrogens is 378 g/mol. The summed E-state index contributed by atoms with van der Waals surface area (Å²) in [5.41, 5.74) is -0.000888. The van der Waals surface area contributed by atoms with Crippen LogP contribution < -0.4 is 4.90 Å². The van der Waals surface area contributed by atoms with Gasteiger partial charge in [-0.1, -0.05) is 0 Å². The molecule has 1 aromatic rings. The Bertz CT molecular complexity index is 817. The molecular formula is C19H29N5O3S. The van der Waals surface area contributed by atoms with Gasteiger partial charge in [-0.15, -0.1) is 0 Å². The number of carbonyl (C=O) groups excluding carboxylic acids is 1. The van der Waals surface area contributed by atoms with Crippen LogP contribution in [0.3, 0.4) is 0 Å². The van der Waals surface area contributed by atoms with Crippen molar-refractivity contribution in [3.05, 3.63) is 18.5 Å². The number of amides is 1. The number of carbonyl (C=O) groups is 1. The van der Waals surface area contributed by atoms with E-state index < -0.39 is 9.84 Å². The fourth-order valence-corrected chi connectivity index (χ4v) is 6.69. The van der Waals surface area contributed by atoms with Crippen LogP contribution in [-0.2, 0) is 14.6 Å². The lowest BCUT2D eigenvalue weighted by atomic mass is 9.80. The van der Waals surface area contributed by atoms with Gasteiger partial charge >= 0.3 is 0 Å². The van der Waals surface area contributed by atoms with Gasteiger partial charge in [0.15, 0.2) is 0 Å². The Morgan fingerprint density at radius 3 is 2.50 bits per heavy atom. The second kappa shape index (κ2) is 7.26. The highest BCUT2D eigenvalue weighted by Crippen LogP contribution is 2.44. The van der Waals surface area contributed by atoms with Crippen molar-refractivity contribution in [1.82, 2.24) is 19.8 Å². The average molecular weight is 408 g/mol. The monoisotopic (exact) mass is 407 g/mol. The minimum atomic E-state index is -2.95. The first kappa shape index (κ1) is 19.6. The summed E-state index contributed by atoms with van der Waals surface area (Å²) in [6.07, 6.45) is 4.46. The zero-order chi connectivity index (χ0) is 19.9. The van der Waals surface area contributed by atoms with Gasteiger partial charge in [0.05, 0.1) is 11.5 Å². The topological polar surface area (TPSA) is 86.7 Å². The summed E-state index contributed by atoms with van der Waals surface area (Å²) in [5.74, 6) is 1.41. The van der Waals surface area contributed by atoms with Crippen molar-refractivity contribution < 1.29 is 13.2 Å². The number of nitrogens with zero attached hydrogens (tertiary/aromatic N) is 5. The average Bonchev–Trinajstić information content (AvgIpc) is 3.15. The van der Waals surface area contributed by atoms with Crippen molar-refractivity contribution in [2.45, 2.75) is 12.8 Å². The number of hydrogen-bond donors (Lipinski definition) is 0. The molecule has 0 aliphatic carbocycles. The fourth-order valence-electron chi connectivity index (χ4n) is 5.20. The van der Waals surface area contributed by atoms with Crippen LogP contribution in [-0.4, -0.2) is 92.4 Å². The van der Waals surface area contributed by atoms with Crippen LogP contribution in [0.25, 0.3) is 0 Å². The Labute approximate surface area is 166 Å². The first-order valence-electron chi connectivity index (χ1n) is 9.94. The van der Waals surface area contributed by atoms with Crippen molar-refractivity contribution in [2.75, 3.05) is 63.2 Å². The molecule has 4 heterocycles. The molecule has 2 atom stereocenters. The van der Waals surface area contributed by atoms with E-state index in [-0.39, 0.29) is 28.7 Å². The summed E-state index contributed by atoms with van der Waals surface area (Å²) in [4.78, 5) is 28.3. The maximum absolute atomic E-state index is 13.1. The lowest BCUT2D eigenvalue weighted by Crippen LogP contribution is -2.44. The molecule has 0 aromatic carbocycles. The number of hydrogen-bond acceptors (Lipinski definition) is 7. The zero-order valence-corrected chi connectivity index (χ0v) is 17.4. The minimum absolute atomic E-state index is 0.000888. The number of rotatable bonds is 4. The minimum Gasteiger partial charge on any atom is -0.341 e. The zero-order valence-electron chi connectivity index (χ0n) is 16.6. The summed E-state index contributed by atoms with van der Waals surface area (Å²) in [6.45, 7) is 4.05. The molecule has 0 radical (unpaired) electrons. The molecule has 28 heavy (non-hydrogen) atoms. The number of aromatic nitrogens is 2. The molecule has 0 unspecified atom stereocenters. The van der Waals surface area contributed by atoms with E-state index in [0.29, 0.717) is 18.8 Å². The van der Waals surface area contributed by atoms with Gasteiger partial charge in [-0.05, 0) is 33.0 Å². The molecule has 154 valence electrons. The van der Waals surface area contributed by atoms with Crippen LogP contribution in [0.5, 0.6) is 0 Å². The molecule has 1 aromatic heterocycles. The van der Waals surface area contributed by atoms with Gasteiger partial charge < -0.3 is 14.7 Å². The SMILES string of the molecule is CN(C)C[C@@]12CN(C(=O)C3CCS(=O)(=O)CC3)C[C@@H]1CN(c1ncccn1)C2. The first-order valence-corrected chi connectivity index (χ1v) is 11.8. The molecule has 1 amide bonds. The molecule has 0 spiro atoms. The third-order valence-electron chi connectivity index (χ3n) is 6.44. The maximum atomic E-state index is 13.1.